The van der Waals surface area contributed by atoms with E-state index >= 15 is 0 Å². The van der Waals surface area contributed by atoms with Gasteiger partial charge in [-0.2, -0.15) is 0 Å². The van der Waals surface area contributed by atoms with Gasteiger partial charge in [-0.25, -0.2) is 4.98 Å². The molecular weight excluding hydrogens is 282 g/mol. The van der Waals surface area contributed by atoms with Crippen LogP contribution in [0.25, 0.3) is 10.9 Å². The van der Waals surface area contributed by atoms with Crippen molar-refractivity contribution in [3.63, 3.8) is 0 Å². The van der Waals surface area contributed by atoms with Gasteiger partial charge in [0.05, 0.1) is 17.7 Å². The summed E-state index contributed by atoms with van der Waals surface area (Å²) >= 11 is 7.23. The largest absolute Gasteiger partial charge is 0.378 e. The molecule has 4 nitrogen and oxygen atoms in total. The molecule has 2 aromatic heterocycles. The Morgan fingerprint density at radius 2 is 2.21 bits per heavy atom. The molecule has 0 unspecified atom stereocenters. The Labute approximate surface area is 118 Å². The average molecular weight is 292 g/mol. The lowest BCUT2D eigenvalue weighted by molar-refractivity contribution is 1.17. The number of benzene rings is 1. The molecule has 0 aliphatic rings. The van der Waals surface area contributed by atoms with Crippen molar-refractivity contribution in [1.82, 2.24) is 9.97 Å². The van der Waals surface area contributed by atoms with Gasteiger partial charge in [0.1, 0.15) is 0 Å². The van der Waals surface area contributed by atoms with E-state index < -0.39 is 0 Å². The number of hydrogen-bond donors (Lipinski definition) is 2. The second-order valence-electron chi connectivity index (χ2n) is 4.03. The first-order chi connectivity index (χ1) is 9.22. The van der Waals surface area contributed by atoms with Crippen LogP contribution in [0.2, 0.25) is 4.47 Å². The van der Waals surface area contributed by atoms with Crippen molar-refractivity contribution < 1.29 is 0 Å². The maximum absolute atomic E-state index is 11.4. The maximum atomic E-state index is 11.4. The highest BCUT2D eigenvalue weighted by Crippen LogP contribution is 2.22. The van der Waals surface area contributed by atoms with Crippen LogP contribution in [0.15, 0.2) is 41.3 Å². The Morgan fingerprint density at radius 1 is 1.32 bits per heavy atom. The van der Waals surface area contributed by atoms with E-state index in [1.165, 1.54) is 17.4 Å². The Balaban J connectivity index is 1.92. The minimum Gasteiger partial charge on any atom is -0.378 e. The number of nitrogens with one attached hydrogen (secondary N) is 2. The summed E-state index contributed by atoms with van der Waals surface area (Å²) in [5, 5.41) is 4.28. The summed E-state index contributed by atoms with van der Waals surface area (Å²) in [7, 11) is 0. The van der Waals surface area contributed by atoms with Crippen LogP contribution in [0.4, 0.5) is 5.69 Å². The molecule has 3 rings (SSSR count). The zero-order valence-corrected chi connectivity index (χ0v) is 11.4. The number of nitrogens with zero attached hydrogens (tertiary/aromatic N) is 1. The van der Waals surface area contributed by atoms with Crippen LogP contribution in [0.3, 0.4) is 0 Å². The highest BCUT2D eigenvalue weighted by molar-refractivity contribution is 7.15. The first-order valence-electron chi connectivity index (χ1n) is 5.68. The number of H-pyrrole nitrogens is 1. The number of thiazole rings is 1. The molecule has 2 N–H and O–H groups in total. The molecule has 0 fully saturated rings. The number of aromatic nitrogens is 2. The first kappa shape index (κ1) is 12.2. The van der Waals surface area contributed by atoms with Crippen LogP contribution < -0.4 is 10.9 Å². The minimum atomic E-state index is -0.109. The summed E-state index contributed by atoms with van der Waals surface area (Å²) in [5.74, 6) is 0. The molecule has 1 aromatic carbocycles. The number of halogens is 1. The zero-order valence-electron chi connectivity index (χ0n) is 9.81. The predicted octanol–water partition coefficient (Wildman–Crippen LogP) is 3.25. The van der Waals surface area contributed by atoms with Crippen molar-refractivity contribution in [2.24, 2.45) is 0 Å². The molecule has 0 aliphatic carbocycles. The van der Waals surface area contributed by atoms with Gasteiger partial charge in [0, 0.05) is 22.5 Å². The molecule has 0 saturated heterocycles. The Hall–Kier alpha value is -1.85. The first-order valence-corrected chi connectivity index (χ1v) is 6.88. The van der Waals surface area contributed by atoms with Gasteiger partial charge in [-0.15, -0.1) is 11.3 Å². The van der Waals surface area contributed by atoms with Gasteiger partial charge < -0.3 is 10.3 Å². The SMILES string of the molecule is O=c1ccc2cccc(NCc3cnc(Cl)s3)c2[nH]1. The van der Waals surface area contributed by atoms with Crippen LogP contribution >= 0.6 is 22.9 Å². The molecule has 0 bridgehead atoms. The predicted molar refractivity (Wildman–Crippen MR) is 79.0 cm³/mol. The van der Waals surface area contributed by atoms with Gasteiger partial charge in [-0.05, 0) is 12.1 Å². The lowest BCUT2D eigenvalue weighted by atomic mass is 10.2. The standard InChI is InChI=1S/C13H10ClN3OS/c14-13-16-7-9(19-13)6-15-10-3-1-2-8-4-5-11(18)17-12(8)10/h1-5,7,15H,6H2,(H,17,18). The summed E-state index contributed by atoms with van der Waals surface area (Å²) in [6, 6.07) is 9.17. The van der Waals surface area contributed by atoms with Crippen molar-refractivity contribution >= 4 is 39.5 Å². The van der Waals surface area contributed by atoms with Gasteiger partial charge in [-0.1, -0.05) is 23.7 Å². The van der Waals surface area contributed by atoms with Gasteiger partial charge in [0.25, 0.3) is 0 Å². The zero-order chi connectivity index (χ0) is 13.2. The number of anilines is 1. The highest BCUT2D eigenvalue weighted by atomic mass is 35.5. The second-order valence-corrected chi connectivity index (χ2v) is 5.72. The average Bonchev–Trinajstić information content (AvgIpc) is 2.82. The van der Waals surface area contributed by atoms with Crippen LogP contribution in [0, 0.1) is 0 Å². The van der Waals surface area contributed by atoms with E-state index in [-0.39, 0.29) is 5.56 Å². The third kappa shape index (κ3) is 2.62. The van der Waals surface area contributed by atoms with Crippen LogP contribution in [0.1, 0.15) is 4.88 Å². The fraction of sp³-hybridized carbons (Fsp3) is 0.0769. The maximum Gasteiger partial charge on any atom is 0.248 e. The highest BCUT2D eigenvalue weighted by Gasteiger charge is 2.03. The molecule has 6 heteroatoms. The summed E-state index contributed by atoms with van der Waals surface area (Å²) in [5.41, 5.74) is 1.59. The Kier molecular flexibility index (Phi) is 3.23. The van der Waals surface area contributed by atoms with Gasteiger partial charge in [0.15, 0.2) is 4.47 Å². The van der Waals surface area contributed by atoms with Crippen molar-refractivity contribution in [2.45, 2.75) is 6.54 Å². The third-order valence-electron chi connectivity index (χ3n) is 2.74. The molecule has 0 spiro atoms. The van der Waals surface area contributed by atoms with Crippen molar-refractivity contribution in [2.75, 3.05) is 5.32 Å². The van der Waals surface area contributed by atoms with E-state index in [0.717, 1.165) is 21.5 Å². The number of aromatic amines is 1. The lowest BCUT2D eigenvalue weighted by Crippen LogP contribution is -2.05. The molecule has 96 valence electrons. The molecule has 0 radical (unpaired) electrons. The quantitative estimate of drug-likeness (QED) is 0.779. The van der Waals surface area contributed by atoms with Crippen LogP contribution in [0.5, 0.6) is 0 Å². The van der Waals surface area contributed by atoms with E-state index in [1.54, 1.807) is 6.20 Å². The fourth-order valence-electron chi connectivity index (χ4n) is 1.87. The van der Waals surface area contributed by atoms with E-state index in [1.807, 2.05) is 24.3 Å². The molecule has 0 aliphatic heterocycles. The van der Waals surface area contributed by atoms with E-state index in [2.05, 4.69) is 15.3 Å². The molecule has 19 heavy (non-hydrogen) atoms. The van der Waals surface area contributed by atoms with Gasteiger partial charge in [0.2, 0.25) is 5.56 Å². The van der Waals surface area contributed by atoms with Crippen LogP contribution in [-0.4, -0.2) is 9.97 Å². The van der Waals surface area contributed by atoms with Crippen molar-refractivity contribution in [3.05, 3.63) is 56.2 Å². The monoisotopic (exact) mass is 291 g/mol. The summed E-state index contributed by atoms with van der Waals surface area (Å²) < 4.78 is 0.531. The third-order valence-corrected chi connectivity index (χ3v) is 3.85. The Bertz CT molecular complexity index is 781. The summed E-state index contributed by atoms with van der Waals surface area (Å²) in [6.45, 7) is 0.625. The number of hydrogen-bond acceptors (Lipinski definition) is 4. The van der Waals surface area contributed by atoms with E-state index in [0.29, 0.717) is 11.0 Å². The van der Waals surface area contributed by atoms with Gasteiger partial charge in [-0.3, -0.25) is 4.79 Å². The van der Waals surface area contributed by atoms with Crippen LogP contribution in [-0.2, 0) is 6.54 Å². The Morgan fingerprint density at radius 3 is 3.00 bits per heavy atom. The van der Waals surface area contributed by atoms with Crippen molar-refractivity contribution in [1.29, 1.82) is 0 Å². The minimum absolute atomic E-state index is 0.109. The van der Waals surface area contributed by atoms with E-state index in [9.17, 15) is 4.79 Å². The summed E-state index contributed by atoms with van der Waals surface area (Å²) in [6.07, 6.45) is 1.74. The molecule has 0 saturated carbocycles. The number of para-hydroxylation sites is 1. The molecule has 3 aromatic rings. The number of rotatable bonds is 3. The lowest BCUT2D eigenvalue weighted by Gasteiger charge is -2.08. The number of fused-ring (bicyclic) bond motifs is 1. The normalized spacial score (nSPS) is 10.8. The molecular formula is C13H10ClN3OS. The smallest absolute Gasteiger partial charge is 0.248 e. The molecule has 0 atom stereocenters. The van der Waals surface area contributed by atoms with E-state index in [4.69, 9.17) is 11.6 Å². The second kappa shape index (κ2) is 5.03. The topological polar surface area (TPSA) is 57.8 Å². The van der Waals surface area contributed by atoms with Crippen molar-refractivity contribution in [3.8, 4) is 0 Å². The summed E-state index contributed by atoms with van der Waals surface area (Å²) in [4.78, 5) is 19.3. The molecule has 2 heterocycles. The van der Waals surface area contributed by atoms with Gasteiger partial charge >= 0.3 is 0 Å². The number of pyridine rings is 1. The fourth-order valence-corrected chi connectivity index (χ4v) is 2.79. The molecule has 0 amide bonds.